The Morgan fingerprint density at radius 2 is 2.10 bits per heavy atom. The van der Waals surface area contributed by atoms with Crippen molar-refractivity contribution in [2.24, 2.45) is 0 Å². The van der Waals surface area contributed by atoms with E-state index in [-0.39, 0.29) is 0 Å². The van der Waals surface area contributed by atoms with Gasteiger partial charge in [0.2, 0.25) is 0 Å². The number of furan rings is 1. The van der Waals surface area contributed by atoms with Gasteiger partial charge in [-0.15, -0.1) is 0 Å². The van der Waals surface area contributed by atoms with Gasteiger partial charge in [-0.3, -0.25) is 0 Å². The van der Waals surface area contributed by atoms with Gasteiger partial charge in [0.15, 0.2) is 0 Å². The van der Waals surface area contributed by atoms with Gasteiger partial charge in [0.25, 0.3) is 0 Å². The number of hydrogen-bond donors (Lipinski definition) is 1. The molecule has 0 atom stereocenters. The molecule has 1 aromatic heterocycles. The quantitative estimate of drug-likeness (QED) is 0.846. The maximum atomic E-state index is 5.68. The number of benzene rings is 1. The van der Waals surface area contributed by atoms with Crippen LogP contribution >= 0.6 is 15.9 Å². The zero-order valence-electron chi connectivity index (χ0n) is 12.5. The molecule has 0 amide bonds. The lowest BCUT2D eigenvalue weighted by molar-refractivity contribution is 0.481. The average molecular weight is 349 g/mol. The molecule has 1 aliphatic carbocycles. The second-order valence-electron chi connectivity index (χ2n) is 5.80. The van der Waals surface area contributed by atoms with Gasteiger partial charge >= 0.3 is 0 Å². The first-order chi connectivity index (χ1) is 10.1. The van der Waals surface area contributed by atoms with E-state index in [1.54, 1.807) is 0 Å². The van der Waals surface area contributed by atoms with Crippen LogP contribution in [-0.4, -0.2) is 13.1 Å². The monoisotopic (exact) mass is 348 g/mol. The van der Waals surface area contributed by atoms with Crippen LogP contribution in [0.1, 0.15) is 29.9 Å². The fraction of sp³-hybridized carbons (Fsp3) is 0.412. The van der Waals surface area contributed by atoms with E-state index >= 15 is 0 Å². The van der Waals surface area contributed by atoms with Crippen molar-refractivity contribution in [3.8, 4) is 0 Å². The molecule has 0 radical (unpaired) electrons. The Hall–Kier alpha value is -1.26. The van der Waals surface area contributed by atoms with Crippen LogP contribution in [0.15, 0.2) is 39.2 Å². The van der Waals surface area contributed by atoms with E-state index in [2.05, 4.69) is 51.4 Å². The first-order valence-corrected chi connectivity index (χ1v) is 8.19. The van der Waals surface area contributed by atoms with E-state index in [4.69, 9.17) is 4.42 Å². The number of anilines is 1. The highest BCUT2D eigenvalue weighted by molar-refractivity contribution is 9.10. The molecule has 3 rings (SSSR count). The third-order valence-corrected chi connectivity index (χ3v) is 4.30. The van der Waals surface area contributed by atoms with Gasteiger partial charge in [-0.1, -0.05) is 22.0 Å². The largest absolute Gasteiger partial charge is 0.464 e. The van der Waals surface area contributed by atoms with Crippen molar-refractivity contribution in [3.05, 3.63) is 51.9 Å². The predicted octanol–water partition coefficient (Wildman–Crippen LogP) is 4.24. The van der Waals surface area contributed by atoms with Gasteiger partial charge in [0.05, 0.1) is 6.54 Å². The third-order valence-electron chi connectivity index (χ3n) is 3.81. The number of aryl methyl sites for hydroxylation is 1. The summed E-state index contributed by atoms with van der Waals surface area (Å²) in [5.74, 6) is 1.96. The average Bonchev–Trinajstić information content (AvgIpc) is 3.20. The third kappa shape index (κ3) is 3.89. The molecule has 1 aliphatic rings. The summed E-state index contributed by atoms with van der Waals surface area (Å²) < 4.78 is 6.79. The van der Waals surface area contributed by atoms with Crippen LogP contribution in [0, 0.1) is 6.92 Å². The molecular weight excluding hydrogens is 328 g/mol. The molecule has 1 heterocycles. The number of nitrogens with one attached hydrogen (secondary N) is 1. The summed E-state index contributed by atoms with van der Waals surface area (Å²) in [4.78, 5) is 2.24. The van der Waals surface area contributed by atoms with Crippen LogP contribution in [0.25, 0.3) is 0 Å². The summed E-state index contributed by atoms with van der Waals surface area (Å²) in [5.41, 5.74) is 2.57. The van der Waals surface area contributed by atoms with E-state index in [9.17, 15) is 0 Å². The van der Waals surface area contributed by atoms with Crippen LogP contribution in [0.2, 0.25) is 0 Å². The summed E-state index contributed by atoms with van der Waals surface area (Å²) in [5, 5.41) is 3.59. The Labute approximate surface area is 134 Å². The van der Waals surface area contributed by atoms with Crippen molar-refractivity contribution in [2.75, 3.05) is 11.9 Å². The lowest BCUT2D eigenvalue weighted by atomic mass is 10.1. The van der Waals surface area contributed by atoms with Crippen LogP contribution < -0.4 is 10.2 Å². The van der Waals surface area contributed by atoms with Gasteiger partial charge in [-0.05, 0) is 49.6 Å². The number of hydrogen-bond acceptors (Lipinski definition) is 3. The van der Waals surface area contributed by atoms with Gasteiger partial charge in [0, 0.05) is 29.8 Å². The second kappa shape index (κ2) is 6.24. The van der Waals surface area contributed by atoms with Gasteiger partial charge in [0.1, 0.15) is 11.5 Å². The molecule has 21 heavy (non-hydrogen) atoms. The fourth-order valence-electron chi connectivity index (χ4n) is 2.47. The summed E-state index contributed by atoms with van der Waals surface area (Å²) in [6.07, 6.45) is 2.63. The Balaban J connectivity index is 1.75. The van der Waals surface area contributed by atoms with Crippen molar-refractivity contribution in [1.29, 1.82) is 0 Å². The highest BCUT2D eigenvalue weighted by Crippen LogP contribution is 2.27. The predicted molar refractivity (Wildman–Crippen MR) is 89.6 cm³/mol. The zero-order chi connectivity index (χ0) is 14.8. The standard InChI is InChI=1S/C17H21BrN2O/c1-12-3-8-16(21-12)11-20(2)17-9-14(18)5-4-13(17)10-19-15-6-7-15/h3-5,8-9,15,19H,6-7,10-11H2,1-2H3. The van der Waals surface area contributed by atoms with Gasteiger partial charge < -0.3 is 14.6 Å². The molecule has 1 fully saturated rings. The highest BCUT2D eigenvalue weighted by Gasteiger charge is 2.21. The normalized spacial score (nSPS) is 14.4. The SMILES string of the molecule is Cc1ccc(CN(C)c2cc(Br)ccc2CNC2CC2)o1. The molecule has 3 nitrogen and oxygen atoms in total. The van der Waals surface area contributed by atoms with Crippen molar-refractivity contribution in [3.63, 3.8) is 0 Å². The minimum absolute atomic E-state index is 0.722. The smallest absolute Gasteiger partial charge is 0.123 e. The number of nitrogens with zero attached hydrogens (tertiary/aromatic N) is 1. The van der Waals surface area contributed by atoms with Gasteiger partial charge in [-0.2, -0.15) is 0 Å². The van der Waals surface area contributed by atoms with Crippen molar-refractivity contribution in [2.45, 2.75) is 38.9 Å². The first kappa shape index (κ1) is 14.7. The molecule has 1 saturated carbocycles. The molecule has 112 valence electrons. The summed E-state index contributed by atoms with van der Waals surface area (Å²) >= 11 is 3.58. The van der Waals surface area contributed by atoms with E-state index in [1.807, 2.05) is 19.1 Å². The maximum absolute atomic E-state index is 5.68. The molecule has 1 aromatic carbocycles. The maximum Gasteiger partial charge on any atom is 0.123 e. The fourth-order valence-corrected chi connectivity index (χ4v) is 2.82. The molecule has 4 heteroatoms. The van der Waals surface area contributed by atoms with Crippen molar-refractivity contribution in [1.82, 2.24) is 5.32 Å². The molecule has 0 saturated heterocycles. The molecular formula is C17H21BrN2O. The highest BCUT2D eigenvalue weighted by atomic mass is 79.9. The minimum atomic E-state index is 0.722. The second-order valence-corrected chi connectivity index (χ2v) is 6.71. The Morgan fingerprint density at radius 3 is 2.76 bits per heavy atom. The summed E-state index contributed by atoms with van der Waals surface area (Å²) in [7, 11) is 2.11. The van der Waals surface area contributed by atoms with Crippen molar-refractivity contribution < 1.29 is 4.42 Å². The first-order valence-electron chi connectivity index (χ1n) is 7.40. The summed E-state index contributed by atoms with van der Waals surface area (Å²) in [6, 6.07) is 11.3. The molecule has 0 unspecified atom stereocenters. The molecule has 2 aromatic rings. The lowest BCUT2D eigenvalue weighted by Crippen LogP contribution is -2.21. The molecule has 0 spiro atoms. The van der Waals surface area contributed by atoms with Crippen molar-refractivity contribution >= 4 is 21.6 Å². The van der Waals surface area contributed by atoms with E-state index < -0.39 is 0 Å². The molecule has 1 N–H and O–H groups in total. The number of rotatable bonds is 6. The number of halogens is 1. The van der Waals surface area contributed by atoms with Crippen LogP contribution in [0.5, 0.6) is 0 Å². The van der Waals surface area contributed by atoms with E-state index in [0.29, 0.717) is 0 Å². The topological polar surface area (TPSA) is 28.4 Å². The Morgan fingerprint density at radius 1 is 1.29 bits per heavy atom. The Bertz CT molecular complexity index is 619. The zero-order valence-corrected chi connectivity index (χ0v) is 14.1. The van der Waals surface area contributed by atoms with Crippen LogP contribution in [0.3, 0.4) is 0 Å². The van der Waals surface area contributed by atoms with Gasteiger partial charge in [-0.25, -0.2) is 0 Å². The minimum Gasteiger partial charge on any atom is -0.464 e. The molecule has 0 bridgehead atoms. The molecule has 0 aliphatic heterocycles. The van der Waals surface area contributed by atoms with Crippen LogP contribution in [-0.2, 0) is 13.1 Å². The Kier molecular flexibility index (Phi) is 4.36. The van der Waals surface area contributed by atoms with Crippen LogP contribution in [0.4, 0.5) is 5.69 Å². The van der Waals surface area contributed by atoms with E-state index in [1.165, 1.54) is 24.1 Å². The van der Waals surface area contributed by atoms with E-state index in [0.717, 1.165) is 35.1 Å². The lowest BCUT2D eigenvalue weighted by Gasteiger charge is -2.22. The summed E-state index contributed by atoms with van der Waals surface area (Å²) in [6.45, 7) is 3.68.